The highest BCUT2D eigenvalue weighted by molar-refractivity contribution is 6.22. The lowest BCUT2D eigenvalue weighted by molar-refractivity contribution is 0.627. The molecule has 0 aliphatic carbocycles. The largest absolute Gasteiger partial charge is 0.368 e. The highest BCUT2D eigenvalue weighted by Gasteiger charge is 2.21. The molecule has 1 aromatic carbocycles. The van der Waals surface area contributed by atoms with Gasteiger partial charge in [0, 0.05) is 18.8 Å². The van der Waals surface area contributed by atoms with Gasteiger partial charge in [0.25, 0.3) is 0 Å². The molecule has 15 heavy (non-hydrogen) atoms. The number of alkyl halides is 1. The van der Waals surface area contributed by atoms with Crippen molar-refractivity contribution in [3.05, 3.63) is 29.6 Å². The number of halogens is 2. The third-order valence-corrected chi connectivity index (χ3v) is 2.80. The molecular weight excluding hydrogens is 215 g/mol. The van der Waals surface area contributed by atoms with Crippen molar-refractivity contribution < 1.29 is 4.39 Å². The molecule has 1 heterocycles. The van der Waals surface area contributed by atoms with E-state index in [1.165, 1.54) is 12.1 Å². The van der Waals surface area contributed by atoms with E-state index < -0.39 is 5.38 Å². The second-order valence-electron chi connectivity index (χ2n) is 3.57. The zero-order valence-electron chi connectivity index (χ0n) is 8.08. The summed E-state index contributed by atoms with van der Waals surface area (Å²) in [5, 5.41) is 8.07. The zero-order valence-corrected chi connectivity index (χ0v) is 8.84. The molecule has 78 valence electrons. The van der Waals surface area contributed by atoms with E-state index in [1.54, 1.807) is 6.07 Å². The second kappa shape index (κ2) is 4.08. The van der Waals surface area contributed by atoms with Gasteiger partial charge in [-0.2, -0.15) is 5.26 Å². The minimum Gasteiger partial charge on any atom is -0.368 e. The molecule has 0 radical (unpaired) electrons. The van der Waals surface area contributed by atoms with Crippen LogP contribution in [0.15, 0.2) is 18.2 Å². The summed E-state index contributed by atoms with van der Waals surface area (Å²) in [6, 6.07) is 6.73. The first-order valence-corrected chi connectivity index (χ1v) is 5.21. The second-order valence-corrected chi connectivity index (χ2v) is 4.09. The van der Waals surface area contributed by atoms with E-state index in [-0.39, 0.29) is 5.82 Å². The molecule has 1 unspecified atom stereocenters. The lowest BCUT2D eigenvalue weighted by atomic mass is 10.2. The first-order valence-electron chi connectivity index (χ1n) is 4.78. The average molecular weight is 225 g/mol. The molecule has 1 aliphatic rings. The zero-order chi connectivity index (χ0) is 10.8. The van der Waals surface area contributed by atoms with E-state index in [0.29, 0.717) is 6.54 Å². The van der Waals surface area contributed by atoms with Gasteiger partial charge in [-0.15, -0.1) is 11.6 Å². The van der Waals surface area contributed by atoms with Gasteiger partial charge in [-0.3, -0.25) is 0 Å². The SMILES string of the molecule is N#CC(Cl)CN1CCc2ccc(F)cc21. The summed E-state index contributed by atoms with van der Waals surface area (Å²) in [6.07, 6.45) is 0.894. The quantitative estimate of drug-likeness (QED) is 0.721. The number of nitriles is 1. The summed E-state index contributed by atoms with van der Waals surface area (Å²) in [5.41, 5.74) is 1.99. The molecule has 0 aromatic heterocycles. The van der Waals surface area contributed by atoms with Crippen molar-refractivity contribution in [2.75, 3.05) is 18.0 Å². The van der Waals surface area contributed by atoms with Crippen molar-refractivity contribution in [2.24, 2.45) is 0 Å². The minimum atomic E-state index is -0.542. The van der Waals surface area contributed by atoms with E-state index in [2.05, 4.69) is 0 Å². The first kappa shape index (κ1) is 10.3. The topological polar surface area (TPSA) is 27.0 Å². The summed E-state index contributed by atoms with van der Waals surface area (Å²) >= 11 is 5.76. The molecule has 0 saturated heterocycles. The fourth-order valence-electron chi connectivity index (χ4n) is 1.84. The fraction of sp³-hybridized carbons (Fsp3) is 0.364. The Labute approximate surface area is 92.9 Å². The Morgan fingerprint density at radius 1 is 1.60 bits per heavy atom. The van der Waals surface area contributed by atoms with Gasteiger partial charge in [0.2, 0.25) is 0 Å². The van der Waals surface area contributed by atoms with Gasteiger partial charge in [0.1, 0.15) is 11.2 Å². The van der Waals surface area contributed by atoms with Crippen LogP contribution in [0.3, 0.4) is 0 Å². The van der Waals surface area contributed by atoms with Crippen LogP contribution in [0.2, 0.25) is 0 Å². The lowest BCUT2D eigenvalue weighted by Crippen LogP contribution is -2.27. The highest BCUT2D eigenvalue weighted by atomic mass is 35.5. The molecular formula is C11H10ClFN2. The Balaban J connectivity index is 2.21. The van der Waals surface area contributed by atoms with Crippen molar-refractivity contribution in [1.29, 1.82) is 5.26 Å². The van der Waals surface area contributed by atoms with E-state index in [9.17, 15) is 4.39 Å². The van der Waals surface area contributed by atoms with Gasteiger partial charge < -0.3 is 4.90 Å². The van der Waals surface area contributed by atoms with Crippen LogP contribution in [-0.2, 0) is 6.42 Å². The average Bonchev–Trinajstić information content (AvgIpc) is 2.61. The fourth-order valence-corrected chi connectivity index (χ4v) is 2.01. The molecule has 1 aliphatic heterocycles. The third kappa shape index (κ3) is 2.05. The van der Waals surface area contributed by atoms with Crippen LogP contribution in [0.1, 0.15) is 5.56 Å². The van der Waals surface area contributed by atoms with E-state index in [4.69, 9.17) is 16.9 Å². The van der Waals surface area contributed by atoms with Crippen molar-refractivity contribution in [3.63, 3.8) is 0 Å². The maximum atomic E-state index is 13.0. The number of hydrogen-bond acceptors (Lipinski definition) is 2. The van der Waals surface area contributed by atoms with Crippen LogP contribution < -0.4 is 4.90 Å². The lowest BCUT2D eigenvalue weighted by Gasteiger charge is -2.19. The van der Waals surface area contributed by atoms with Crippen molar-refractivity contribution >= 4 is 17.3 Å². The van der Waals surface area contributed by atoms with Gasteiger partial charge >= 0.3 is 0 Å². The minimum absolute atomic E-state index is 0.247. The first-order chi connectivity index (χ1) is 7.20. The van der Waals surface area contributed by atoms with Crippen LogP contribution in [0, 0.1) is 17.1 Å². The molecule has 0 spiro atoms. The molecule has 0 bridgehead atoms. The smallest absolute Gasteiger partial charge is 0.137 e. The van der Waals surface area contributed by atoms with E-state index >= 15 is 0 Å². The number of hydrogen-bond donors (Lipinski definition) is 0. The van der Waals surface area contributed by atoms with Crippen molar-refractivity contribution in [1.82, 2.24) is 0 Å². The molecule has 2 nitrogen and oxygen atoms in total. The Morgan fingerprint density at radius 2 is 2.40 bits per heavy atom. The van der Waals surface area contributed by atoms with Crippen LogP contribution in [-0.4, -0.2) is 18.5 Å². The molecule has 0 fully saturated rings. The summed E-state index contributed by atoms with van der Waals surface area (Å²) in [7, 11) is 0. The maximum Gasteiger partial charge on any atom is 0.137 e. The predicted molar refractivity (Wildman–Crippen MR) is 57.6 cm³/mol. The van der Waals surface area contributed by atoms with Gasteiger partial charge in [-0.25, -0.2) is 4.39 Å². The van der Waals surface area contributed by atoms with Crippen LogP contribution in [0.25, 0.3) is 0 Å². The molecule has 1 aromatic rings. The summed E-state index contributed by atoms with van der Waals surface area (Å²) < 4.78 is 13.0. The Kier molecular flexibility index (Phi) is 2.79. The maximum absolute atomic E-state index is 13.0. The van der Waals surface area contributed by atoms with E-state index in [0.717, 1.165) is 24.2 Å². The molecule has 4 heteroatoms. The Morgan fingerprint density at radius 3 is 3.13 bits per heavy atom. The van der Waals surface area contributed by atoms with Gasteiger partial charge in [-0.05, 0) is 24.1 Å². The molecule has 2 rings (SSSR count). The van der Waals surface area contributed by atoms with Crippen LogP contribution in [0.4, 0.5) is 10.1 Å². The van der Waals surface area contributed by atoms with E-state index in [1.807, 2.05) is 11.0 Å². The number of nitrogens with zero attached hydrogens (tertiary/aromatic N) is 2. The monoisotopic (exact) mass is 224 g/mol. The summed E-state index contributed by atoms with van der Waals surface area (Å²) in [4.78, 5) is 1.96. The van der Waals surface area contributed by atoms with Crippen molar-refractivity contribution in [3.8, 4) is 6.07 Å². The predicted octanol–water partition coefficient (Wildman–Crippen LogP) is 2.32. The molecule has 0 saturated carbocycles. The Hall–Kier alpha value is -1.27. The number of benzene rings is 1. The van der Waals surface area contributed by atoms with Gasteiger partial charge in [-0.1, -0.05) is 6.07 Å². The van der Waals surface area contributed by atoms with Crippen molar-refractivity contribution in [2.45, 2.75) is 11.8 Å². The van der Waals surface area contributed by atoms with Crippen LogP contribution in [0.5, 0.6) is 0 Å². The van der Waals surface area contributed by atoms with Gasteiger partial charge in [0.05, 0.1) is 6.07 Å². The Bertz CT molecular complexity index is 414. The summed E-state index contributed by atoms with van der Waals surface area (Å²) in [6.45, 7) is 1.26. The molecule has 0 N–H and O–H groups in total. The molecule has 0 amide bonds. The normalized spacial score (nSPS) is 15.9. The standard InChI is InChI=1S/C11H10ClFN2/c12-9(6-14)7-15-4-3-8-1-2-10(13)5-11(8)15/h1-2,5,9H,3-4,7H2. The number of rotatable bonds is 2. The van der Waals surface area contributed by atoms with Crippen LogP contribution >= 0.6 is 11.6 Å². The number of fused-ring (bicyclic) bond motifs is 1. The number of anilines is 1. The van der Waals surface area contributed by atoms with Gasteiger partial charge in [0.15, 0.2) is 0 Å². The summed E-state index contributed by atoms with van der Waals surface area (Å²) in [5.74, 6) is -0.247. The third-order valence-electron chi connectivity index (χ3n) is 2.56. The molecule has 1 atom stereocenters. The highest BCUT2D eigenvalue weighted by Crippen LogP contribution is 2.28.